The van der Waals surface area contributed by atoms with Crippen molar-refractivity contribution in [3.8, 4) is 0 Å². The number of benzene rings is 2. The largest absolute Gasteiger partial charge is 0.412 e. The van der Waals surface area contributed by atoms with Crippen LogP contribution in [-0.2, 0) is 0 Å². The summed E-state index contributed by atoms with van der Waals surface area (Å²) >= 11 is 0. The van der Waals surface area contributed by atoms with Crippen molar-refractivity contribution in [2.24, 2.45) is 0 Å². The average molecular weight is 266 g/mol. The maximum atomic E-state index is 4.45. The van der Waals surface area contributed by atoms with Gasteiger partial charge in [-0.2, -0.15) is 0 Å². The molecule has 4 rings (SSSR count). The predicted molar refractivity (Wildman–Crippen MR) is 81.8 cm³/mol. The Labute approximate surface area is 115 Å². The molecule has 0 spiro atoms. The van der Waals surface area contributed by atoms with Crippen LogP contribution in [-0.4, -0.2) is 20.9 Å². The monoisotopic (exact) mass is 266 g/mol. The molecule has 0 aliphatic rings. The molecule has 0 aliphatic heterocycles. The third-order valence-electron chi connectivity index (χ3n) is 3.34. The first-order chi connectivity index (χ1) is 8.93. The SMILES string of the molecule is O.O.c1ccc2c(c1)cnc1ncc3ccccc3c12. The normalized spacial score (nSPS) is 10.2. The summed E-state index contributed by atoms with van der Waals surface area (Å²) in [7, 11) is 0. The van der Waals surface area contributed by atoms with Crippen molar-refractivity contribution in [1.29, 1.82) is 0 Å². The highest BCUT2D eigenvalue weighted by Gasteiger charge is 2.06. The molecule has 100 valence electrons. The lowest BCUT2D eigenvalue weighted by Gasteiger charge is -2.05. The Balaban J connectivity index is 0.000000735. The Kier molecular flexibility index (Phi) is 3.61. The number of aromatic nitrogens is 2. The van der Waals surface area contributed by atoms with E-state index in [4.69, 9.17) is 0 Å². The number of hydrogen-bond donors (Lipinski definition) is 0. The molecule has 4 aromatic rings. The van der Waals surface area contributed by atoms with Crippen LogP contribution in [0, 0.1) is 0 Å². The molecule has 0 atom stereocenters. The minimum absolute atomic E-state index is 0. The lowest BCUT2D eigenvalue weighted by atomic mass is 10.0. The summed E-state index contributed by atoms with van der Waals surface area (Å²) < 4.78 is 0. The van der Waals surface area contributed by atoms with Crippen LogP contribution in [0.3, 0.4) is 0 Å². The summed E-state index contributed by atoms with van der Waals surface area (Å²) in [4.78, 5) is 8.90. The van der Waals surface area contributed by atoms with Crippen molar-refractivity contribution in [2.75, 3.05) is 0 Å². The fourth-order valence-electron chi connectivity index (χ4n) is 2.48. The molecular weight excluding hydrogens is 252 g/mol. The van der Waals surface area contributed by atoms with Crippen LogP contribution in [0.2, 0.25) is 0 Å². The molecule has 4 nitrogen and oxygen atoms in total. The van der Waals surface area contributed by atoms with E-state index in [-0.39, 0.29) is 11.0 Å². The molecule has 0 saturated heterocycles. The second kappa shape index (κ2) is 5.21. The third-order valence-corrected chi connectivity index (χ3v) is 3.34. The molecule has 0 saturated carbocycles. The van der Waals surface area contributed by atoms with Crippen molar-refractivity contribution in [2.45, 2.75) is 0 Å². The highest BCUT2D eigenvalue weighted by Crippen LogP contribution is 2.28. The van der Waals surface area contributed by atoms with Crippen LogP contribution in [0.5, 0.6) is 0 Å². The van der Waals surface area contributed by atoms with E-state index in [0.717, 1.165) is 21.8 Å². The van der Waals surface area contributed by atoms with Gasteiger partial charge in [-0.15, -0.1) is 0 Å². The number of hydrogen-bond acceptors (Lipinski definition) is 2. The predicted octanol–water partition coefficient (Wildman–Crippen LogP) is 2.29. The van der Waals surface area contributed by atoms with E-state index >= 15 is 0 Å². The van der Waals surface area contributed by atoms with Gasteiger partial charge < -0.3 is 11.0 Å². The lowest BCUT2D eigenvalue weighted by Crippen LogP contribution is -1.87. The topological polar surface area (TPSA) is 88.8 Å². The van der Waals surface area contributed by atoms with E-state index < -0.39 is 0 Å². The minimum Gasteiger partial charge on any atom is -0.412 e. The van der Waals surface area contributed by atoms with Gasteiger partial charge in [-0.1, -0.05) is 48.5 Å². The summed E-state index contributed by atoms with van der Waals surface area (Å²) in [6.45, 7) is 0. The first kappa shape index (κ1) is 13.9. The van der Waals surface area contributed by atoms with Gasteiger partial charge in [-0.25, -0.2) is 9.97 Å². The molecule has 0 amide bonds. The van der Waals surface area contributed by atoms with Crippen LogP contribution in [0.15, 0.2) is 60.9 Å². The maximum Gasteiger partial charge on any atom is 0.160 e. The van der Waals surface area contributed by atoms with E-state index in [1.807, 2.05) is 24.5 Å². The van der Waals surface area contributed by atoms with Crippen molar-refractivity contribution >= 4 is 32.6 Å². The van der Waals surface area contributed by atoms with Gasteiger partial charge in [0.15, 0.2) is 5.65 Å². The average Bonchev–Trinajstić information content (AvgIpc) is 2.46. The van der Waals surface area contributed by atoms with Crippen LogP contribution in [0.25, 0.3) is 32.6 Å². The Morgan fingerprint density at radius 3 is 1.55 bits per heavy atom. The second-order valence-corrected chi connectivity index (χ2v) is 4.39. The van der Waals surface area contributed by atoms with Gasteiger partial charge >= 0.3 is 0 Å². The van der Waals surface area contributed by atoms with E-state index in [1.54, 1.807) is 0 Å². The molecular formula is C16H14N2O2. The van der Waals surface area contributed by atoms with Crippen molar-refractivity contribution in [3.05, 3.63) is 60.9 Å². The Morgan fingerprint density at radius 2 is 1.05 bits per heavy atom. The van der Waals surface area contributed by atoms with Crippen LogP contribution < -0.4 is 0 Å². The Morgan fingerprint density at radius 1 is 0.600 bits per heavy atom. The maximum absolute atomic E-state index is 4.45. The van der Waals surface area contributed by atoms with Gasteiger partial charge in [0.25, 0.3) is 0 Å². The van der Waals surface area contributed by atoms with Gasteiger partial charge in [-0.3, -0.25) is 0 Å². The Bertz CT molecular complexity index is 820. The summed E-state index contributed by atoms with van der Waals surface area (Å²) in [5, 5.41) is 5.89. The van der Waals surface area contributed by atoms with E-state index in [1.165, 1.54) is 10.8 Å². The summed E-state index contributed by atoms with van der Waals surface area (Å²) in [5.41, 5.74) is 0.812. The van der Waals surface area contributed by atoms with E-state index in [0.29, 0.717) is 0 Å². The van der Waals surface area contributed by atoms with E-state index in [2.05, 4.69) is 46.4 Å². The lowest BCUT2D eigenvalue weighted by molar-refractivity contribution is 0.823. The van der Waals surface area contributed by atoms with E-state index in [9.17, 15) is 0 Å². The molecule has 0 unspecified atom stereocenters. The number of nitrogens with zero attached hydrogens (tertiary/aromatic N) is 2. The second-order valence-electron chi connectivity index (χ2n) is 4.39. The molecule has 2 heterocycles. The molecule has 0 aliphatic carbocycles. The minimum atomic E-state index is 0. The van der Waals surface area contributed by atoms with Crippen LogP contribution in [0.1, 0.15) is 0 Å². The highest BCUT2D eigenvalue weighted by atomic mass is 16.0. The smallest absolute Gasteiger partial charge is 0.160 e. The zero-order valence-corrected chi connectivity index (χ0v) is 10.7. The molecule has 0 radical (unpaired) electrons. The number of pyridine rings is 2. The summed E-state index contributed by atoms with van der Waals surface area (Å²) in [6, 6.07) is 16.6. The zero-order valence-electron chi connectivity index (χ0n) is 10.7. The van der Waals surface area contributed by atoms with Gasteiger partial charge in [0.1, 0.15) is 0 Å². The van der Waals surface area contributed by atoms with Crippen molar-refractivity contribution in [3.63, 3.8) is 0 Å². The van der Waals surface area contributed by atoms with Gasteiger partial charge in [-0.05, 0) is 10.8 Å². The van der Waals surface area contributed by atoms with Gasteiger partial charge in [0.05, 0.1) is 0 Å². The summed E-state index contributed by atoms with van der Waals surface area (Å²) in [5.74, 6) is 0. The van der Waals surface area contributed by atoms with Crippen LogP contribution >= 0.6 is 0 Å². The van der Waals surface area contributed by atoms with Crippen LogP contribution in [0.4, 0.5) is 0 Å². The molecule has 2 aromatic heterocycles. The number of rotatable bonds is 0. The molecule has 2 aromatic carbocycles. The first-order valence-corrected chi connectivity index (χ1v) is 5.95. The summed E-state index contributed by atoms with van der Waals surface area (Å²) in [6.07, 6.45) is 3.78. The Hall–Kier alpha value is -2.56. The quantitative estimate of drug-likeness (QED) is 0.457. The van der Waals surface area contributed by atoms with Gasteiger partial charge in [0, 0.05) is 28.6 Å². The molecule has 0 bridgehead atoms. The zero-order chi connectivity index (χ0) is 11.9. The van der Waals surface area contributed by atoms with Gasteiger partial charge in [0.2, 0.25) is 0 Å². The third kappa shape index (κ3) is 1.87. The van der Waals surface area contributed by atoms with Crippen molar-refractivity contribution in [1.82, 2.24) is 9.97 Å². The van der Waals surface area contributed by atoms with Crippen molar-refractivity contribution < 1.29 is 11.0 Å². The molecule has 4 heteroatoms. The first-order valence-electron chi connectivity index (χ1n) is 5.95. The fraction of sp³-hybridized carbons (Fsp3) is 0. The fourth-order valence-corrected chi connectivity index (χ4v) is 2.48. The standard InChI is InChI=1S/C16H10N2.2H2O/c1-3-7-13-11(5-1)9-17-16-15(13)14-8-4-2-6-12(14)10-18-16;;/h1-10H;2*1H2. The molecule has 20 heavy (non-hydrogen) atoms. The highest BCUT2D eigenvalue weighted by molar-refractivity contribution is 6.17. The molecule has 4 N–H and O–H groups in total. The molecule has 0 fully saturated rings. The number of fused-ring (bicyclic) bond motifs is 5.